The van der Waals surface area contributed by atoms with Crippen LogP contribution in [-0.4, -0.2) is 77.1 Å². The molecule has 5 atom stereocenters. The summed E-state index contributed by atoms with van der Waals surface area (Å²) in [5, 5.41) is 3.54. The van der Waals surface area contributed by atoms with Crippen molar-refractivity contribution in [2.24, 2.45) is 11.8 Å². The lowest BCUT2D eigenvalue weighted by atomic mass is 9.87. The molecule has 2 aliphatic carbocycles. The number of halogens is 2. The number of fused-ring (bicyclic) bond motifs is 5. The molecule has 0 bridgehead atoms. The van der Waals surface area contributed by atoms with Crippen LogP contribution in [0.2, 0.25) is 0 Å². The predicted molar refractivity (Wildman–Crippen MR) is 200 cm³/mol. The maximum atomic E-state index is 14.6. The van der Waals surface area contributed by atoms with Gasteiger partial charge in [0.2, 0.25) is 21.8 Å². The number of aromatic nitrogens is 1. The number of para-hydroxylation sites is 1. The SMILES string of the molecule is C.CCCOC(=O)C[C@H]1CCCCC/C=C\[C@@H]2C[C@@]2(C(=O)NS(=O)(=O)C2(C)CC2)NC(=O)[C@@H]2C[C@]3(CCc4c(c(C(F)F)nc5ccccc45)O3)CN2C1=O. The topological polar surface area (TPSA) is 161 Å². The van der Waals surface area contributed by atoms with Crippen LogP contribution < -0.4 is 14.8 Å². The summed E-state index contributed by atoms with van der Waals surface area (Å²) in [5.74, 6) is -3.91. The summed E-state index contributed by atoms with van der Waals surface area (Å²) >= 11 is 0. The Balaban J connectivity index is 0.00000514. The molecule has 2 N–H and O–H groups in total. The van der Waals surface area contributed by atoms with Crippen LogP contribution in [0.3, 0.4) is 0 Å². The Labute approximate surface area is 321 Å². The molecule has 2 saturated carbocycles. The number of hydrogen-bond acceptors (Lipinski definition) is 9. The highest BCUT2D eigenvalue weighted by Gasteiger charge is 2.64. The fraction of sp³-hybridized carbons (Fsp3) is 0.625. The molecule has 0 unspecified atom stereocenters. The van der Waals surface area contributed by atoms with E-state index in [1.165, 1.54) is 4.90 Å². The lowest BCUT2D eigenvalue weighted by Gasteiger charge is -2.37. The van der Waals surface area contributed by atoms with Crippen molar-refractivity contribution in [3.05, 3.63) is 47.7 Å². The number of ether oxygens (including phenoxy) is 2. The lowest BCUT2D eigenvalue weighted by molar-refractivity contribution is -0.150. The largest absolute Gasteiger partial charge is 0.483 e. The third-order valence-corrected chi connectivity index (χ3v) is 14.1. The maximum Gasteiger partial charge on any atom is 0.306 e. The first-order valence-electron chi connectivity index (χ1n) is 19.1. The molecule has 7 rings (SSSR count). The standard InChI is InChI=1S/C39H48F2N4O8S.CH4/c1-3-19-52-30(46)20-24-11-7-5-4-6-8-12-25-21-39(25,36(49)44-54(50,51)37(2)17-18-37)43-34(47)29-22-38(23-45(29)35(24)48)16-15-27-26-13-9-10-14-28(26)42-31(33(40)41)32(27)53-38;/h8-10,12-14,24-25,29,33H,3-7,11,15-23H2,1-2H3,(H,43,47)(H,44,49);1H4/b12-8-;/t24-,25-,29+,38-,39-;/m1./s1. The van der Waals surface area contributed by atoms with Gasteiger partial charge in [0.1, 0.15) is 22.9 Å². The number of allylic oxidation sites excluding steroid dienone is 1. The van der Waals surface area contributed by atoms with E-state index in [2.05, 4.69) is 15.0 Å². The molecule has 4 heterocycles. The van der Waals surface area contributed by atoms with Crippen LogP contribution in [-0.2, 0) is 40.4 Å². The number of pyridine rings is 1. The fourth-order valence-corrected chi connectivity index (χ4v) is 9.57. The Morgan fingerprint density at radius 1 is 1.13 bits per heavy atom. The molecule has 15 heteroatoms. The minimum absolute atomic E-state index is 0. The molecule has 1 spiro atoms. The predicted octanol–water partition coefficient (Wildman–Crippen LogP) is 5.83. The van der Waals surface area contributed by atoms with Gasteiger partial charge in [-0.3, -0.25) is 23.9 Å². The monoisotopic (exact) mass is 786 g/mol. The number of esters is 1. The van der Waals surface area contributed by atoms with Crippen LogP contribution in [0.4, 0.5) is 8.78 Å². The summed E-state index contributed by atoms with van der Waals surface area (Å²) in [6.07, 6.45) is 5.93. The molecule has 0 radical (unpaired) electrons. The number of carbonyl (C=O) groups is 4. The third kappa shape index (κ3) is 7.82. The number of carbonyl (C=O) groups excluding carboxylic acids is 4. The first-order chi connectivity index (χ1) is 25.7. The van der Waals surface area contributed by atoms with Gasteiger partial charge in [-0.1, -0.05) is 57.5 Å². The summed E-state index contributed by atoms with van der Waals surface area (Å²) in [6.45, 7) is 3.50. The normalized spacial score (nSPS) is 29.3. The van der Waals surface area contributed by atoms with Crippen LogP contribution >= 0.6 is 0 Å². The van der Waals surface area contributed by atoms with Gasteiger partial charge in [-0.15, -0.1) is 0 Å². The average molecular weight is 787 g/mol. The first kappa shape index (κ1) is 40.5. The quantitative estimate of drug-likeness (QED) is 0.248. The van der Waals surface area contributed by atoms with E-state index < -0.39 is 79.6 Å². The molecule has 1 saturated heterocycles. The smallest absolute Gasteiger partial charge is 0.306 e. The van der Waals surface area contributed by atoms with Gasteiger partial charge in [0, 0.05) is 29.2 Å². The van der Waals surface area contributed by atoms with E-state index in [-0.39, 0.29) is 45.6 Å². The molecule has 1 aromatic carbocycles. The molecular weight excluding hydrogens is 735 g/mol. The first-order valence-corrected chi connectivity index (χ1v) is 20.6. The van der Waals surface area contributed by atoms with Crippen LogP contribution in [0.1, 0.15) is 116 Å². The van der Waals surface area contributed by atoms with Crippen molar-refractivity contribution in [3.63, 3.8) is 0 Å². The molecule has 2 aromatic rings. The Morgan fingerprint density at radius 2 is 1.89 bits per heavy atom. The number of aryl methyl sites for hydroxylation is 1. The van der Waals surface area contributed by atoms with E-state index in [1.807, 2.05) is 19.1 Å². The van der Waals surface area contributed by atoms with Crippen molar-refractivity contribution in [2.45, 2.75) is 133 Å². The van der Waals surface area contributed by atoms with Gasteiger partial charge in [0.05, 0.1) is 29.8 Å². The third-order valence-electron chi connectivity index (χ3n) is 11.9. The highest BCUT2D eigenvalue weighted by Crippen LogP contribution is 2.50. The van der Waals surface area contributed by atoms with Gasteiger partial charge in [-0.2, -0.15) is 0 Å². The van der Waals surface area contributed by atoms with Gasteiger partial charge in [0.25, 0.3) is 12.3 Å². The highest BCUT2D eigenvalue weighted by molar-refractivity contribution is 7.91. The van der Waals surface area contributed by atoms with Gasteiger partial charge >= 0.3 is 5.97 Å². The number of sulfonamides is 1. The van der Waals surface area contributed by atoms with Crippen molar-refractivity contribution in [1.82, 2.24) is 19.9 Å². The Hall–Kier alpha value is -4.14. The van der Waals surface area contributed by atoms with Gasteiger partial charge in [-0.25, -0.2) is 22.2 Å². The second-order valence-electron chi connectivity index (χ2n) is 15.9. The molecule has 5 aliphatic rings. The molecule has 3 amide bonds. The molecule has 55 heavy (non-hydrogen) atoms. The zero-order valence-electron chi connectivity index (χ0n) is 30.7. The minimum atomic E-state index is -4.03. The highest BCUT2D eigenvalue weighted by atomic mass is 32.2. The number of alkyl halides is 2. The van der Waals surface area contributed by atoms with E-state index in [4.69, 9.17) is 9.47 Å². The van der Waals surface area contributed by atoms with E-state index in [0.29, 0.717) is 67.8 Å². The van der Waals surface area contributed by atoms with Crippen molar-refractivity contribution in [3.8, 4) is 5.75 Å². The number of hydrogen-bond donors (Lipinski definition) is 2. The van der Waals surface area contributed by atoms with Crippen molar-refractivity contribution < 1.29 is 45.9 Å². The van der Waals surface area contributed by atoms with E-state index in [1.54, 1.807) is 31.2 Å². The Bertz CT molecular complexity index is 1990. The lowest BCUT2D eigenvalue weighted by Crippen LogP contribution is -2.57. The van der Waals surface area contributed by atoms with Gasteiger partial charge in [-0.05, 0) is 70.8 Å². The minimum Gasteiger partial charge on any atom is -0.483 e. The number of benzene rings is 1. The number of rotatable bonds is 8. The summed E-state index contributed by atoms with van der Waals surface area (Å²) in [6, 6.07) is 5.76. The van der Waals surface area contributed by atoms with Crippen LogP contribution in [0.15, 0.2) is 36.4 Å². The zero-order chi connectivity index (χ0) is 38.5. The zero-order valence-corrected chi connectivity index (χ0v) is 31.5. The molecule has 3 aliphatic heterocycles. The average Bonchev–Trinajstić information content (AvgIpc) is 4.03. The fourth-order valence-electron chi connectivity index (χ4n) is 8.26. The van der Waals surface area contributed by atoms with E-state index in [9.17, 15) is 36.4 Å². The van der Waals surface area contributed by atoms with Crippen LogP contribution in [0.5, 0.6) is 5.75 Å². The second-order valence-corrected chi connectivity index (χ2v) is 18.1. The van der Waals surface area contributed by atoms with Crippen LogP contribution in [0, 0.1) is 11.8 Å². The number of nitrogens with one attached hydrogen (secondary N) is 2. The second kappa shape index (κ2) is 15.4. The summed E-state index contributed by atoms with van der Waals surface area (Å²) in [4.78, 5) is 61.6. The summed E-state index contributed by atoms with van der Waals surface area (Å²) in [7, 11) is -4.03. The Kier molecular flexibility index (Phi) is 11.4. The summed E-state index contributed by atoms with van der Waals surface area (Å²) < 4.78 is 68.5. The Morgan fingerprint density at radius 3 is 2.62 bits per heavy atom. The molecule has 3 fully saturated rings. The molecule has 12 nitrogen and oxygen atoms in total. The van der Waals surface area contributed by atoms with Gasteiger partial charge in [0.15, 0.2) is 5.75 Å². The van der Waals surface area contributed by atoms with Crippen molar-refractivity contribution in [2.75, 3.05) is 13.2 Å². The van der Waals surface area contributed by atoms with Gasteiger partial charge < -0.3 is 19.7 Å². The molecular formula is C40H52F2N4O8S. The number of amides is 3. The molecule has 300 valence electrons. The van der Waals surface area contributed by atoms with E-state index in [0.717, 1.165) is 12.8 Å². The molecule has 1 aromatic heterocycles. The maximum absolute atomic E-state index is 14.6. The number of nitrogens with zero attached hydrogens (tertiary/aromatic N) is 2. The van der Waals surface area contributed by atoms with Crippen LogP contribution in [0.25, 0.3) is 10.9 Å². The van der Waals surface area contributed by atoms with Crippen molar-refractivity contribution in [1.29, 1.82) is 0 Å². The van der Waals surface area contributed by atoms with E-state index >= 15 is 0 Å². The van der Waals surface area contributed by atoms with Crippen molar-refractivity contribution >= 4 is 44.6 Å². The summed E-state index contributed by atoms with van der Waals surface area (Å²) in [5.41, 5.74) is -2.38.